The van der Waals surface area contributed by atoms with Crippen LogP contribution in [0.1, 0.15) is 19.3 Å². The molecule has 0 bridgehead atoms. The van der Waals surface area contributed by atoms with Crippen LogP contribution in [0.4, 0.5) is 0 Å². The van der Waals surface area contributed by atoms with Crippen LogP contribution in [0.15, 0.2) is 51.2 Å². The van der Waals surface area contributed by atoms with Crippen molar-refractivity contribution in [1.82, 2.24) is 0 Å². The summed E-state index contributed by atoms with van der Waals surface area (Å²) in [6, 6.07) is 0. The maximum Gasteiger partial charge on any atom is 0.273 e. The third-order valence-corrected chi connectivity index (χ3v) is 3.25. The molecule has 2 aliphatic rings. The monoisotopic (exact) mass is 300 g/mol. The molecule has 0 aromatic carbocycles. The van der Waals surface area contributed by atoms with Crippen molar-refractivity contribution in [2.24, 2.45) is 21.1 Å². The Balaban J connectivity index is 2.10. The number of aliphatic imine (C=N–C) groups is 1. The van der Waals surface area contributed by atoms with Gasteiger partial charge in [-0.15, -0.1) is 0 Å². The third-order valence-electron chi connectivity index (χ3n) is 3.25. The van der Waals surface area contributed by atoms with E-state index in [4.69, 9.17) is 16.1 Å². The highest BCUT2D eigenvalue weighted by molar-refractivity contribution is 6.15. The number of nitrogens with zero attached hydrogens (tertiary/aromatic N) is 5. The summed E-state index contributed by atoms with van der Waals surface area (Å²) in [6.45, 7) is -0.134. The number of hydrazone groups is 1. The van der Waals surface area contributed by atoms with Crippen LogP contribution in [0.2, 0.25) is 0 Å². The maximum absolute atomic E-state index is 12.1. The summed E-state index contributed by atoms with van der Waals surface area (Å²) in [6.07, 6.45) is 10.4. The van der Waals surface area contributed by atoms with Gasteiger partial charge in [-0.05, 0) is 30.5 Å². The van der Waals surface area contributed by atoms with Crippen LogP contribution >= 0.6 is 0 Å². The topological polar surface area (TPSA) is 126 Å². The van der Waals surface area contributed by atoms with E-state index in [0.717, 1.165) is 6.42 Å². The number of nitrogens with two attached hydrogens (primary N) is 1. The third kappa shape index (κ3) is 4.15. The lowest BCUT2D eigenvalue weighted by Crippen LogP contribution is -2.30. The first-order valence-electron chi connectivity index (χ1n) is 6.80. The SMILES string of the molecule is [N-]=[N+]=NCOC1CC(=NC(=O)C2=CC=CCC2)C=CC1=NN. The molecule has 0 fully saturated rings. The van der Waals surface area contributed by atoms with Crippen LogP contribution in [0.3, 0.4) is 0 Å². The van der Waals surface area contributed by atoms with Crippen LogP contribution in [0.25, 0.3) is 10.4 Å². The van der Waals surface area contributed by atoms with Crippen molar-refractivity contribution in [2.75, 3.05) is 6.73 Å². The van der Waals surface area contributed by atoms with Crippen molar-refractivity contribution < 1.29 is 9.53 Å². The average Bonchev–Trinajstić information content (AvgIpc) is 2.56. The molecule has 8 heteroatoms. The van der Waals surface area contributed by atoms with Crippen LogP contribution in [0.5, 0.6) is 0 Å². The van der Waals surface area contributed by atoms with E-state index in [0.29, 0.717) is 29.8 Å². The van der Waals surface area contributed by atoms with Gasteiger partial charge in [-0.25, -0.2) is 4.99 Å². The van der Waals surface area contributed by atoms with E-state index in [9.17, 15) is 4.79 Å². The van der Waals surface area contributed by atoms with Gasteiger partial charge in [-0.3, -0.25) is 4.79 Å². The zero-order valence-corrected chi connectivity index (χ0v) is 11.9. The predicted octanol–water partition coefficient (Wildman–Crippen LogP) is 2.16. The van der Waals surface area contributed by atoms with E-state index in [1.54, 1.807) is 18.2 Å². The first kappa shape index (κ1) is 15.7. The second-order valence-corrected chi connectivity index (χ2v) is 4.67. The Labute approximate surface area is 127 Å². The molecule has 2 rings (SSSR count). The van der Waals surface area contributed by atoms with E-state index in [1.165, 1.54) is 0 Å². The van der Waals surface area contributed by atoms with Crippen molar-refractivity contribution >= 4 is 17.3 Å². The summed E-state index contributed by atoms with van der Waals surface area (Å²) in [5.41, 5.74) is 10.0. The fourth-order valence-corrected chi connectivity index (χ4v) is 2.14. The van der Waals surface area contributed by atoms with E-state index in [1.807, 2.05) is 12.2 Å². The van der Waals surface area contributed by atoms with Gasteiger partial charge in [0.25, 0.3) is 5.91 Å². The molecule has 114 valence electrons. The number of ether oxygens (including phenoxy) is 1. The van der Waals surface area contributed by atoms with Crippen molar-refractivity contribution in [1.29, 1.82) is 0 Å². The lowest BCUT2D eigenvalue weighted by molar-refractivity contribution is -0.114. The van der Waals surface area contributed by atoms with Crippen LogP contribution in [-0.4, -0.2) is 30.2 Å². The van der Waals surface area contributed by atoms with Crippen molar-refractivity contribution in [2.45, 2.75) is 25.4 Å². The van der Waals surface area contributed by atoms with Gasteiger partial charge >= 0.3 is 0 Å². The molecule has 0 aliphatic heterocycles. The lowest BCUT2D eigenvalue weighted by atomic mass is 10.00. The first-order valence-corrected chi connectivity index (χ1v) is 6.80. The molecule has 0 radical (unpaired) electrons. The maximum atomic E-state index is 12.1. The standard InChI is InChI=1S/C14H16N6O2/c15-19-12-7-6-11(8-13(12)22-9-17-20-16)18-14(21)10-4-2-1-3-5-10/h1-2,4,6-7,13H,3,5,8-9,15H2. The van der Waals surface area contributed by atoms with Gasteiger partial charge in [-0.2, -0.15) is 5.10 Å². The summed E-state index contributed by atoms with van der Waals surface area (Å²) in [4.78, 5) is 18.8. The Hall–Kier alpha value is -2.70. The second-order valence-electron chi connectivity index (χ2n) is 4.67. The number of azide groups is 1. The van der Waals surface area contributed by atoms with Gasteiger partial charge in [-0.1, -0.05) is 23.3 Å². The molecular formula is C14H16N6O2. The Morgan fingerprint density at radius 1 is 1.50 bits per heavy atom. The number of amides is 1. The summed E-state index contributed by atoms with van der Waals surface area (Å²) in [7, 11) is 0. The molecule has 0 heterocycles. The first-order chi connectivity index (χ1) is 10.7. The van der Waals surface area contributed by atoms with Gasteiger partial charge in [0.1, 0.15) is 12.8 Å². The van der Waals surface area contributed by atoms with Crippen LogP contribution in [-0.2, 0) is 9.53 Å². The van der Waals surface area contributed by atoms with E-state index < -0.39 is 6.10 Å². The Morgan fingerprint density at radius 2 is 2.36 bits per heavy atom. The molecule has 1 amide bonds. The molecule has 1 unspecified atom stereocenters. The fourth-order valence-electron chi connectivity index (χ4n) is 2.14. The number of allylic oxidation sites excluding steroid dienone is 4. The van der Waals surface area contributed by atoms with Crippen LogP contribution in [0, 0.1) is 0 Å². The predicted molar refractivity (Wildman–Crippen MR) is 83.2 cm³/mol. The Bertz CT molecular complexity index is 638. The highest BCUT2D eigenvalue weighted by Gasteiger charge is 2.22. The molecule has 0 saturated heterocycles. The normalized spacial score (nSPS) is 24.2. The molecule has 2 aliphatic carbocycles. The molecule has 8 nitrogen and oxygen atoms in total. The number of carbonyl (C=O) groups is 1. The lowest BCUT2D eigenvalue weighted by Gasteiger charge is -2.20. The molecule has 0 aromatic rings. The minimum Gasteiger partial charge on any atom is -0.365 e. The smallest absolute Gasteiger partial charge is 0.273 e. The summed E-state index contributed by atoms with van der Waals surface area (Å²) < 4.78 is 5.38. The van der Waals surface area contributed by atoms with Gasteiger partial charge in [0.15, 0.2) is 0 Å². The molecule has 1 atom stereocenters. The number of rotatable bonds is 4. The number of carbonyl (C=O) groups excluding carboxylic acids is 1. The molecule has 0 saturated carbocycles. The highest BCUT2D eigenvalue weighted by atomic mass is 16.5. The summed E-state index contributed by atoms with van der Waals surface area (Å²) in [5, 5.41) is 6.93. The van der Waals surface area contributed by atoms with Gasteiger partial charge in [0, 0.05) is 22.6 Å². The quantitative estimate of drug-likeness (QED) is 0.281. The zero-order chi connectivity index (χ0) is 15.8. The summed E-state index contributed by atoms with van der Waals surface area (Å²) in [5.74, 6) is 5.05. The molecular weight excluding hydrogens is 284 g/mol. The van der Waals surface area contributed by atoms with E-state index in [-0.39, 0.29) is 12.6 Å². The van der Waals surface area contributed by atoms with Crippen molar-refractivity contribution in [3.63, 3.8) is 0 Å². The number of hydrogen-bond acceptors (Lipinski definition) is 5. The second kappa shape index (κ2) is 7.92. The van der Waals surface area contributed by atoms with Gasteiger partial charge < -0.3 is 10.6 Å². The average molecular weight is 300 g/mol. The summed E-state index contributed by atoms with van der Waals surface area (Å²) >= 11 is 0. The Kier molecular flexibility index (Phi) is 5.65. The molecule has 0 aromatic heterocycles. The molecule has 2 N–H and O–H groups in total. The van der Waals surface area contributed by atoms with Gasteiger partial charge in [0.2, 0.25) is 0 Å². The fraction of sp³-hybridized carbons (Fsp3) is 0.357. The Morgan fingerprint density at radius 3 is 3.05 bits per heavy atom. The zero-order valence-electron chi connectivity index (χ0n) is 11.9. The molecule has 22 heavy (non-hydrogen) atoms. The van der Waals surface area contributed by atoms with Crippen molar-refractivity contribution in [3.05, 3.63) is 46.4 Å². The van der Waals surface area contributed by atoms with Gasteiger partial charge in [0.05, 0.1) is 5.71 Å². The van der Waals surface area contributed by atoms with Crippen molar-refractivity contribution in [3.8, 4) is 0 Å². The van der Waals surface area contributed by atoms with Crippen LogP contribution < -0.4 is 5.84 Å². The largest absolute Gasteiger partial charge is 0.365 e. The highest BCUT2D eigenvalue weighted by Crippen LogP contribution is 2.16. The molecule has 0 spiro atoms. The minimum absolute atomic E-state index is 0.134. The minimum atomic E-state index is -0.479. The number of hydrogen-bond donors (Lipinski definition) is 1. The van der Waals surface area contributed by atoms with E-state index >= 15 is 0 Å². The van der Waals surface area contributed by atoms with E-state index in [2.05, 4.69) is 20.1 Å².